The van der Waals surface area contributed by atoms with Crippen LogP contribution in [0, 0.1) is 0 Å². The first kappa shape index (κ1) is 12.5. The van der Waals surface area contributed by atoms with Gasteiger partial charge in [-0.1, -0.05) is 11.3 Å². The van der Waals surface area contributed by atoms with Gasteiger partial charge in [0.1, 0.15) is 15.7 Å². The topological polar surface area (TPSA) is 113 Å². The Morgan fingerprint density at radius 1 is 1.20 bits per heavy atom. The number of nitrogen functional groups attached to an aromatic ring is 2. The van der Waals surface area contributed by atoms with Gasteiger partial charge in [0.2, 0.25) is 11.8 Å². The van der Waals surface area contributed by atoms with Gasteiger partial charge in [-0.25, -0.2) is 15.0 Å². The molecule has 8 heteroatoms. The van der Waals surface area contributed by atoms with Gasteiger partial charge in [0.15, 0.2) is 5.52 Å². The van der Waals surface area contributed by atoms with Crippen molar-refractivity contribution in [3.05, 3.63) is 18.3 Å². The van der Waals surface area contributed by atoms with Crippen molar-refractivity contribution < 1.29 is 4.74 Å². The van der Waals surface area contributed by atoms with Crippen molar-refractivity contribution in [3.63, 3.8) is 0 Å². The van der Waals surface area contributed by atoms with Gasteiger partial charge in [0, 0.05) is 0 Å². The first-order valence-electron chi connectivity index (χ1n) is 5.96. The Morgan fingerprint density at radius 3 is 2.75 bits per heavy atom. The molecule has 4 N–H and O–H groups in total. The second kappa shape index (κ2) is 4.89. The number of hydrogen-bond donors (Lipinski definition) is 2. The summed E-state index contributed by atoms with van der Waals surface area (Å²) in [5.41, 5.74) is 13.2. The molecule has 0 amide bonds. The van der Waals surface area contributed by atoms with Crippen LogP contribution < -0.4 is 16.2 Å². The van der Waals surface area contributed by atoms with Crippen molar-refractivity contribution in [1.82, 2.24) is 19.9 Å². The SMILES string of the molecule is CCOc1nc(N)nc2ccc(-c3ncc(N)s3)nc12. The van der Waals surface area contributed by atoms with Crippen LogP contribution in [0.15, 0.2) is 18.3 Å². The van der Waals surface area contributed by atoms with E-state index >= 15 is 0 Å². The monoisotopic (exact) mass is 288 g/mol. The van der Waals surface area contributed by atoms with Gasteiger partial charge in [-0.3, -0.25) is 0 Å². The Kier molecular flexibility index (Phi) is 3.07. The van der Waals surface area contributed by atoms with Gasteiger partial charge in [-0.2, -0.15) is 4.98 Å². The molecule has 0 unspecified atom stereocenters. The van der Waals surface area contributed by atoms with Crippen LogP contribution in [-0.4, -0.2) is 26.5 Å². The summed E-state index contributed by atoms with van der Waals surface area (Å²) in [6.45, 7) is 2.34. The molecule has 0 aromatic carbocycles. The van der Waals surface area contributed by atoms with Gasteiger partial charge in [-0.05, 0) is 19.1 Å². The third kappa shape index (κ3) is 2.21. The maximum Gasteiger partial charge on any atom is 0.245 e. The molecule has 0 aliphatic rings. The fourth-order valence-corrected chi connectivity index (χ4v) is 2.42. The van der Waals surface area contributed by atoms with E-state index in [4.69, 9.17) is 16.2 Å². The van der Waals surface area contributed by atoms with Crippen molar-refractivity contribution in [2.45, 2.75) is 6.92 Å². The van der Waals surface area contributed by atoms with Crippen molar-refractivity contribution in [1.29, 1.82) is 0 Å². The summed E-state index contributed by atoms with van der Waals surface area (Å²) in [6, 6.07) is 3.64. The van der Waals surface area contributed by atoms with Crippen molar-refractivity contribution in [2.24, 2.45) is 0 Å². The molecule has 3 rings (SSSR count). The molecule has 0 saturated carbocycles. The van der Waals surface area contributed by atoms with E-state index in [0.29, 0.717) is 34.2 Å². The van der Waals surface area contributed by atoms with Crippen molar-refractivity contribution in [2.75, 3.05) is 18.1 Å². The van der Waals surface area contributed by atoms with E-state index in [1.807, 2.05) is 19.1 Å². The molecule has 0 atom stereocenters. The molecule has 0 bridgehead atoms. The highest BCUT2D eigenvalue weighted by Gasteiger charge is 2.12. The molecule has 3 aromatic heterocycles. The largest absolute Gasteiger partial charge is 0.476 e. The smallest absolute Gasteiger partial charge is 0.245 e. The number of nitrogens with two attached hydrogens (primary N) is 2. The number of nitrogens with zero attached hydrogens (tertiary/aromatic N) is 4. The summed E-state index contributed by atoms with van der Waals surface area (Å²) in [5.74, 6) is 0.537. The van der Waals surface area contributed by atoms with Crippen LogP contribution in [0.2, 0.25) is 0 Å². The number of ether oxygens (including phenoxy) is 1. The van der Waals surface area contributed by atoms with Gasteiger partial charge < -0.3 is 16.2 Å². The minimum absolute atomic E-state index is 0.161. The quantitative estimate of drug-likeness (QED) is 0.754. The zero-order chi connectivity index (χ0) is 14.1. The highest BCUT2D eigenvalue weighted by molar-refractivity contribution is 7.18. The van der Waals surface area contributed by atoms with Gasteiger partial charge in [-0.15, -0.1) is 0 Å². The summed E-state index contributed by atoms with van der Waals surface area (Å²) in [5, 5.41) is 1.38. The Labute approximate surface area is 118 Å². The number of rotatable bonds is 3. The lowest BCUT2D eigenvalue weighted by atomic mass is 10.3. The number of hydrogen-bond acceptors (Lipinski definition) is 8. The molecule has 0 fully saturated rings. The summed E-state index contributed by atoms with van der Waals surface area (Å²) in [6.07, 6.45) is 1.61. The first-order chi connectivity index (χ1) is 9.67. The van der Waals surface area contributed by atoms with Crippen molar-refractivity contribution in [3.8, 4) is 16.6 Å². The fraction of sp³-hybridized carbons (Fsp3) is 0.167. The van der Waals surface area contributed by atoms with Crippen LogP contribution in [0.4, 0.5) is 10.9 Å². The number of fused-ring (bicyclic) bond motifs is 1. The zero-order valence-corrected chi connectivity index (χ0v) is 11.5. The molecule has 3 aromatic rings. The second-order valence-electron chi connectivity index (χ2n) is 3.95. The van der Waals surface area contributed by atoms with E-state index in [-0.39, 0.29) is 5.95 Å². The number of anilines is 2. The normalized spacial score (nSPS) is 10.8. The maximum atomic E-state index is 5.69. The Morgan fingerprint density at radius 2 is 2.05 bits per heavy atom. The van der Waals surface area contributed by atoms with E-state index < -0.39 is 0 Å². The average molecular weight is 288 g/mol. The molecule has 3 heterocycles. The zero-order valence-electron chi connectivity index (χ0n) is 10.7. The van der Waals surface area contributed by atoms with Crippen LogP contribution >= 0.6 is 11.3 Å². The molecular formula is C12H12N6OS. The number of aromatic nitrogens is 4. The lowest BCUT2D eigenvalue weighted by Gasteiger charge is -2.07. The fourth-order valence-electron chi connectivity index (χ4n) is 1.77. The average Bonchev–Trinajstić information content (AvgIpc) is 2.85. The molecule has 0 radical (unpaired) electrons. The molecule has 20 heavy (non-hydrogen) atoms. The Balaban J connectivity index is 2.18. The van der Waals surface area contributed by atoms with E-state index in [1.54, 1.807) is 6.20 Å². The Hall–Kier alpha value is -2.48. The summed E-state index contributed by atoms with van der Waals surface area (Å²) >= 11 is 1.37. The van der Waals surface area contributed by atoms with Crippen LogP contribution in [0.5, 0.6) is 5.88 Å². The third-order valence-electron chi connectivity index (χ3n) is 2.55. The minimum Gasteiger partial charge on any atom is -0.476 e. The van der Waals surface area contributed by atoms with Crippen LogP contribution in [0.25, 0.3) is 21.7 Å². The van der Waals surface area contributed by atoms with E-state index in [2.05, 4.69) is 19.9 Å². The van der Waals surface area contributed by atoms with E-state index in [1.165, 1.54) is 11.3 Å². The van der Waals surface area contributed by atoms with Gasteiger partial charge >= 0.3 is 0 Å². The molecular weight excluding hydrogens is 276 g/mol. The van der Waals surface area contributed by atoms with Gasteiger partial charge in [0.05, 0.1) is 18.3 Å². The number of pyridine rings is 1. The summed E-state index contributed by atoms with van der Waals surface area (Å²) in [4.78, 5) is 16.9. The molecule has 7 nitrogen and oxygen atoms in total. The van der Waals surface area contributed by atoms with E-state index in [9.17, 15) is 0 Å². The minimum atomic E-state index is 0.161. The third-order valence-corrected chi connectivity index (χ3v) is 3.40. The highest BCUT2D eigenvalue weighted by Crippen LogP contribution is 2.28. The predicted octanol–water partition coefficient (Wildman–Crippen LogP) is 1.71. The molecule has 102 valence electrons. The van der Waals surface area contributed by atoms with Crippen LogP contribution in [-0.2, 0) is 0 Å². The summed E-state index contributed by atoms with van der Waals surface area (Å²) in [7, 11) is 0. The lowest BCUT2D eigenvalue weighted by Crippen LogP contribution is -2.02. The standard InChI is InChI=1S/C12H12N6OS/c1-2-19-10-9-6(17-12(14)18-10)3-4-7(16-9)11-15-5-8(13)20-11/h3-5H,2,13H2,1H3,(H2,14,17,18). The molecule has 0 spiro atoms. The molecule has 0 saturated heterocycles. The maximum absolute atomic E-state index is 5.69. The van der Waals surface area contributed by atoms with E-state index in [0.717, 1.165) is 5.01 Å². The lowest BCUT2D eigenvalue weighted by molar-refractivity contribution is 0.330. The highest BCUT2D eigenvalue weighted by atomic mass is 32.1. The number of thiazole rings is 1. The van der Waals surface area contributed by atoms with Crippen LogP contribution in [0.3, 0.4) is 0 Å². The second-order valence-corrected chi connectivity index (χ2v) is 5.01. The van der Waals surface area contributed by atoms with Crippen LogP contribution in [0.1, 0.15) is 6.92 Å². The predicted molar refractivity (Wildman–Crippen MR) is 78.4 cm³/mol. The first-order valence-corrected chi connectivity index (χ1v) is 6.77. The van der Waals surface area contributed by atoms with Crippen molar-refractivity contribution >= 4 is 33.3 Å². The van der Waals surface area contributed by atoms with Gasteiger partial charge in [0.25, 0.3) is 0 Å². The molecule has 0 aliphatic heterocycles. The Bertz CT molecular complexity index is 772. The molecule has 0 aliphatic carbocycles. The summed E-state index contributed by atoms with van der Waals surface area (Å²) < 4.78 is 5.46.